The Bertz CT molecular complexity index is 886. The molecule has 2 aliphatic heterocycles. The first kappa shape index (κ1) is 18.8. The smallest absolute Gasteiger partial charge is 0.254 e. The van der Waals surface area contributed by atoms with Crippen LogP contribution in [0.2, 0.25) is 0 Å². The minimum absolute atomic E-state index is 0.0634. The zero-order chi connectivity index (χ0) is 19.7. The zero-order valence-electron chi connectivity index (χ0n) is 16.2. The molecule has 28 heavy (non-hydrogen) atoms. The first-order valence-electron chi connectivity index (χ1n) is 9.90. The highest BCUT2D eigenvalue weighted by molar-refractivity contribution is 5.98. The number of aryl methyl sites for hydroxylation is 1. The third-order valence-corrected chi connectivity index (χ3v) is 5.91. The fourth-order valence-electron chi connectivity index (χ4n) is 4.17. The van der Waals surface area contributed by atoms with E-state index in [4.69, 9.17) is 0 Å². The molecule has 0 N–H and O–H groups in total. The summed E-state index contributed by atoms with van der Waals surface area (Å²) >= 11 is 0. The maximum Gasteiger partial charge on any atom is 0.254 e. The van der Waals surface area contributed by atoms with Crippen LogP contribution < -0.4 is 0 Å². The molecule has 2 aliphatic rings. The number of benzene rings is 2. The normalized spacial score (nSPS) is 17.8. The maximum absolute atomic E-state index is 13.9. The fourth-order valence-corrected chi connectivity index (χ4v) is 4.17. The van der Waals surface area contributed by atoms with Gasteiger partial charge in [0.1, 0.15) is 5.82 Å². The number of hydrogen-bond donors (Lipinski definition) is 0. The summed E-state index contributed by atoms with van der Waals surface area (Å²) in [6.45, 7) is 5.18. The van der Waals surface area contributed by atoms with E-state index >= 15 is 0 Å². The number of ketones is 1. The molecule has 0 unspecified atom stereocenters. The minimum atomic E-state index is -0.294. The van der Waals surface area contributed by atoms with Gasteiger partial charge in [0, 0.05) is 29.8 Å². The Morgan fingerprint density at radius 1 is 1.11 bits per heavy atom. The Balaban J connectivity index is 1.28. The van der Waals surface area contributed by atoms with Crippen molar-refractivity contribution in [3.63, 3.8) is 0 Å². The van der Waals surface area contributed by atoms with E-state index in [2.05, 4.69) is 4.90 Å². The monoisotopic (exact) mass is 380 g/mol. The summed E-state index contributed by atoms with van der Waals surface area (Å²) in [7, 11) is 0. The van der Waals surface area contributed by atoms with Crippen molar-refractivity contribution >= 4 is 11.7 Å². The predicted molar refractivity (Wildman–Crippen MR) is 106 cm³/mol. The third kappa shape index (κ3) is 3.85. The van der Waals surface area contributed by atoms with Crippen LogP contribution in [0.4, 0.5) is 4.39 Å². The molecule has 4 rings (SSSR count). The van der Waals surface area contributed by atoms with Gasteiger partial charge < -0.3 is 4.90 Å². The molecular formula is C23H25FN2O2. The lowest BCUT2D eigenvalue weighted by molar-refractivity contribution is 0.0707. The molecule has 1 amide bonds. The van der Waals surface area contributed by atoms with Crippen LogP contribution in [0.1, 0.15) is 44.7 Å². The molecule has 5 heteroatoms. The molecule has 0 spiro atoms. The summed E-state index contributed by atoms with van der Waals surface area (Å²) in [4.78, 5) is 28.9. The summed E-state index contributed by atoms with van der Waals surface area (Å²) < 4.78 is 13.9. The van der Waals surface area contributed by atoms with Crippen LogP contribution in [0.15, 0.2) is 42.5 Å². The Kier molecular flexibility index (Phi) is 5.27. The highest BCUT2D eigenvalue weighted by Gasteiger charge is 2.32. The lowest BCUT2D eigenvalue weighted by Crippen LogP contribution is -2.41. The molecule has 1 saturated heterocycles. The first-order chi connectivity index (χ1) is 13.5. The number of amides is 1. The molecule has 146 valence electrons. The van der Waals surface area contributed by atoms with Crippen molar-refractivity contribution in [2.75, 3.05) is 26.2 Å². The number of hydrogen-bond acceptors (Lipinski definition) is 3. The standard InChI is InChI=1S/C23H25FN2O2/c1-16-5-7-18(8-6-16)22(27)15-25-11-9-17(10-12-25)13-26-14-20-19(23(26)28)3-2-4-21(20)24/h2-8,17H,9-15H2,1H3. The number of rotatable bonds is 5. The topological polar surface area (TPSA) is 40.6 Å². The summed E-state index contributed by atoms with van der Waals surface area (Å²) in [6, 6.07) is 12.4. The number of likely N-dealkylation sites (tertiary alicyclic amines) is 1. The first-order valence-corrected chi connectivity index (χ1v) is 9.90. The second kappa shape index (κ2) is 7.84. The van der Waals surface area contributed by atoms with Crippen molar-refractivity contribution in [1.82, 2.24) is 9.80 Å². The average molecular weight is 380 g/mol. The lowest BCUT2D eigenvalue weighted by Gasteiger charge is -2.33. The van der Waals surface area contributed by atoms with Crippen LogP contribution in [0.3, 0.4) is 0 Å². The molecule has 0 saturated carbocycles. The van der Waals surface area contributed by atoms with Crippen LogP contribution in [-0.2, 0) is 6.54 Å². The van der Waals surface area contributed by atoms with Crippen LogP contribution >= 0.6 is 0 Å². The minimum Gasteiger partial charge on any atom is -0.334 e. The Labute approximate surface area is 164 Å². The summed E-state index contributed by atoms with van der Waals surface area (Å²) in [5, 5.41) is 0. The number of nitrogens with zero attached hydrogens (tertiary/aromatic N) is 2. The molecule has 1 fully saturated rings. The highest BCUT2D eigenvalue weighted by Crippen LogP contribution is 2.28. The predicted octanol–water partition coefficient (Wildman–Crippen LogP) is 3.68. The van der Waals surface area contributed by atoms with E-state index in [9.17, 15) is 14.0 Å². The number of Topliss-reactive ketones (excluding diaryl/α,β-unsaturated/α-hetero) is 1. The molecule has 2 heterocycles. The molecule has 2 aromatic carbocycles. The largest absolute Gasteiger partial charge is 0.334 e. The molecular weight excluding hydrogens is 355 g/mol. The van der Waals surface area contributed by atoms with Gasteiger partial charge in [-0.15, -0.1) is 0 Å². The Morgan fingerprint density at radius 2 is 1.82 bits per heavy atom. The van der Waals surface area contributed by atoms with Gasteiger partial charge in [0.25, 0.3) is 5.91 Å². The van der Waals surface area contributed by atoms with Crippen molar-refractivity contribution < 1.29 is 14.0 Å². The van der Waals surface area contributed by atoms with E-state index < -0.39 is 0 Å². The quantitative estimate of drug-likeness (QED) is 0.743. The number of halogens is 1. The van der Waals surface area contributed by atoms with E-state index in [1.807, 2.05) is 31.2 Å². The summed E-state index contributed by atoms with van der Waals surface area (Å²) in [6.07, 6.45) is 1.90. The molecule has 0 aliphatic carbocycles. The summed E-state index contributed by atoms with van der Waals surface area (Å²) in [5.74, 6) is 0.190. The van der Waals surface area contributed by atoms with E-state index in [0.717, 1.165) is 37.1 Å². The second-order valence-corrected chi connectivity index (χ2v) is 7.96. The number of carbonyl (C=O) groups excluding carboxylic acids is 2. The van der Waals surface area contributed by atoms with Gasteiger partial charge >= 0.3 is 0 Å². The van der Waals surface area contributed by atoms with Gasteiger partial charge in [-0.3, -0.25) is 14.5 Å². The second-order valence-electron chi connectivity index (χ2n) is 7.96. The Hall–Kier alpha value is -2.53. The lowest BCUT2D eigenvalue weighted by atomic mass is 9.95. The van der Waals surface area contributed by atoms with E-state index in [0.29, 0.717) is 36.7 Å². The fraction of sp³-hybridized carbons (Fsp3) is 0.391. The van der Waals surface area contributed by atoms with E-state index in [-0.39, 0.29) is 17.5 Å². The van der Waals surface area contributed by atoms with Crippen LogP contribution in [0.5, 0.6) is 0 Å². The molecule has 0 aromatic heterocycles. The third-order valence-electron chi connectivity index (χ3n) is 5.91. The molecule has 4 nitrogen and oxygen atoms in total. The van der Waals surface area contributed by atoms with Gasteiger partial charge in [-0.25, -0.2) is 4.39 Å². The number of carbonyl (C=O) groups is 2. The highest BCUT2D eigenvalue weighted by atomic mass is 19.1. The van der Waals surface area contributed by atoms with Crippen molar-refractivity contribution in [2.45, 2.75) is 26.3 Å². The van der Waals surface area contributed by atoms with E-state index in [1.54, 1.807) is 17.0 Å². The van der Waals surface area contributed by atoms with Crippen molar-refractivity contribution in [2.24, 2.45) is 5.92 Å². The van der Waals surface area contributed by atoms with Crippen LogP contribution in [0.25, 0.3) is 0 Å². The average Bonchev–Trinajstić information content (AvgIpc) is 3.01. The van der Waals surface area contributed by atoms with E-state index in [1.165, 1.54) is 6.07 Å². The SMILES string of the molecule is Cc1ccc(C(=O)CN2CCC(CN3Cc4c(F)cccc4C3=O)CC2)cc1. The van der Waals surface area contributed by atoms with Crippen LogP contribution in [0, 0.1) is 18.7 Å². The van der Waals surface area contributed by atoms with Gasteiger partial charge in [0.15, 0.2) is 5.78 Å². The molecule has 0 atom stereocenters. The zero-order valence-corrected chi connectivity index (χ0v) is 16.2. The molecule has 2 aromatic rings. The Morgan fingerprint density at radius 3 is 2.50 bits per heavy atom. The van der Waals surface area contributed by atoms with Crippen molar-refractivity contribution in [3.8, 4) is 0 Å². The van der Waals surface area contributed by atoms with Gasteiger partial charge in [-0.2, -0.15) is 0 Å². The van der Waals surface area contributed by atoms with Crippen LogP contribution in [-0.4, -0.2) is 47.7 Å². The van der Waals surface area contributed by atoms with Gasteiger partial charge in [-0.05, 0) is 50.9 Å². The maximum atomic E-state index is 13.9. The van der Waals surface area contributed by atoms with Gasteiger partial charge in [0.05, 0.1) is 6.54 Å². The number of fused-ring (bicyclic) bond motifs is 1. The molecule has 0 bridgehead atoms. The van der Waals surface area contributed by atoms with Gasteiger partial charge in [0.2, 0.25) is 0 Å². The number of piperidine rings is 1. The van der Waals surface area contributed by atoms with Crippen molar-refractivity contribution in [3.05, 3.63) is 70.5 Å². The van der Waals surface area contributed by atoms with Crippen molar-refractivity contribution in [1.29, 1.82) is 0 Å². The van der Waals surface area contributed by atoms with Gasteiger partial charge in [-0.1, -0.05) is 35.9 Å². The summed E-state index contributed by atoms with van der Waals surface area (Å²) in [5.41, 5.74) is 2.93. The molecule has 0 radical (unpaired) electrons.